The van der Waals surface area contributed by atoms with Gasteiger partial charge in [0.25, 0.3) is 0 Å². The van der Waals surface area contributed by atoms with Gasteiger partial charge in [0.05, 0.1) is 13.2 Å². The van der Waals surface area contributed by atoms with E-state index < -0.39 is 0 Å². The third-order valence-electron chi connectivity index (χ3n) is 4.94. The third-order valence-corrected chi connectivity index (χ3v) is 4.94. The van der Waals surface area contributed by atoms with Crippen molar-refractivity contribution in [3.8, 4) is 0 Å². The fourth-order valence-corrected chi connectivity index (χ4v) is 3.40. The highest BCUT2D eigenvalue weighted by Crippen LogP contribution is 2.09. The Kier molecular flexibility index (Phi) is 13.7. The van der Waals surface area contributed by atoms with E-state index in [9.17, 15) is 0 Å². The first-order valence-electron chi connectivity index (χ1n) is 9.85. The minimum Gasteiger partial charge on any atom is -0.379 e. The Hall–Kier alpha value is -0.120. The van der Waals surface area contributed by atoms with Crippen LogP contribution in [0.4, 0.5) is 0 Å². The topological polar surface area (TPSA) is 52.1 Å². The summed E-state index contributed by atoms with van der Waals surface area (Å²) in [7, 11) is 1.85. The molecule has 6 nitrogen and oxygen atoms in total. The van der Waals surface area contributed by atoms with E-state index in [0.29, 0.717) is 0 Å². The summed E-state index contributed by atoms with van der Waals surface area (Å²) in [5.41, 5.74) is 0. The van der Waals surface area contributed by atoms with E-state index in [1.807, 2.05) is 7.05 Å². The standard InChI is InChI=1S/C18H37N5O.HI/c1-19-18(21-9-13-23-14-16-24-17-15-23)20-8-4-2-5-10-22-11-6-3-7-12-22;/h2-17H2,1H3,(H2,19,20,21);1H. The number of rotatable bonds is 9. The molecule has 2 rings (SSSR count). The van der Waals surface area contributed by atoms with Gasteiger partial charge in [0.2, 0.25) is 0 Å². The predicted molar refractivity (Wildman–Crippen MR) is 116 cm³/mol. The molecule has 0 radical (unpaired) electrons. The van der Waals surface area contributed by atoms with Crippen LogP contribution >= 0.6 is 24.0 Å². The molecule has 0 saturated carbocycles. The maximum absolute atomic E-state index is 5.37. The number of hydrogen-bond donors (Lipinski definition) is 2. The van der Waals surface area contributed by atoms with Crippen molar-refractivity contribution in [1.82, 2.24) is 20.4 Å². The van der Waals surface area contributed by atoms with Crippen molar-refractivity contribution in [2.24, 2.45) is 4.99 Å². The predicted octanol–water partition coefficient (Wildman–Crippen LogP) is 1.76. The summed E-state index contributed by atoms with van der Waals surface area (Å²) in [6.07, 6.45) is 8.07. The lowest BCUT2D eigenvalue weighted by molar-refractivity contribution is 0.0389. The molecule has 0 amide bonds. The van der Waals surface area contributed by atoms with Crippen LogP contribution in [0, 0.1) is 0 Å². The normalized spacial score (nSPS) is 20.1. The smallest absolute Gasteiger partial charge is 0.191 e. The average molecular weight is 467 g/mol. The molecule has 0 aliphatic carbocycles. The molecular weight excluding hydrogens is 429 g/mol. The Bertz CT molecular complexity index is 344. The maximum Gasteiger partial charge on any atom is 0.191 e. The molecule has 0 aromatic rings. The van der Waals surface area contributed by atoms with Crippen molar-refractivity contribution in [3.63, 3.8) is 0 Å². The Morgan fingerprint density at radius 1 is 0.840 bits per heavy atom. The van der Waals surface area contributed by atoms with Crippen molar-refractivity contribution < 1.29 is 4.74 Å². The van der Waals surface area contributed by atoms with Crippen LogP contribution in [0.2, 0.25) is 0 Å². The van der Waals surface area contributed by atoms with Crippen molar-refractivity contribution in [2.45, 2.75) is 38.5 Å². The number of likely N-dealkylation sites (tertiary alicyclic amines) is 1. The van der Waals surface area contributed by atoms with Crippen LogP contribution in [-0.2, 0) is 4.74 Å². The van der Waals surface area contributed by atoms with Crippen molar-refractivity contribution >= 4 is 29.9 Å². The highest BCUT2D eigenvalue weighted by atomic mass is 127. The molecule has 0 unspecified atom stereocenters. The first kappa shape index (κ1) is 22.9. The van der Waals surface area contributed by atoms with Crippen LogP contribution in [0.25, 0.3) is 0 Å². The Morgan fingerprint density at radius 3 is 2.24 bits per heavy atom. The molecule has 2 fully saturated rings. The van der Waals surface area contributed by atoms with Gasteiger partial charge >= 0.3 is 0 Å². The van der Waals surface area contributed by atoms with Gasteiger partial charge in [-0.15, -0.1) is 24.0 Å². The molecule has 2 N–H and O–H groups in total. The molecule has 2 aliphatic rings. The number of ether oxygens (including phenoxy) is 1. The number of hydrogen-bond acceptors (Lipinski definition) is 4. The van der Waals surface area contributed by atoms with E-state index in [0.717, 1.165) is 51.9 Å². The van der Waals surface area contributed by atoms with Gasteiger partial charge in [-0.1, -0.05) is 12.8 Å². The molecule has 2 saturated heterocycles. The van der Waals surface area contributed by atoms with Crippen LogP contribution in [0.3, 0.4) is 0 Å². The number of aliphatic imine (C=N–C) groups is 1. The van der Waals surface area contributed by atoms with Crippen LogP contribution in [-0.4, -0.2) is 88.4 Å². The zero-order chi connectivity index (χ0) is 16.9. The molecule has 0 atom stereocenters. The van der Waals surface area contributed by atoms with Crippen molar-refractivity contribution in [1.29, 1.82) is 0 Å². The molecule has 7 heteroatoms. The number of morpholine rings is 1. The van der Waals surface area contributed by atoms with Gasteiger partial charge in [-0.3, -0.25) is 9.89 Å². The second kappa shape index (κ2) is 15.0. The van der Waals surface area contributed by atoms with Gasteiger partial charge in [0, 0.05) is 39.8 Å². The third kappa shape index (κ3) is 10.6. The minimum atomic E-state index is 0. The van der Waals surface area contributed by atoms with Crippen LogP contribution in [0.1, 0.15) is 38.5 Å². The highest BCUT2D eigenvalue weighted by molar-refractivity contribution is 14.0. The monoisotopic (exact) mass is 467 g/mol. The van der Waals surface area contributed by atoms with Gasteiger partial charge in [-0.25, -0.2) is 0 Å². The summed E-state index contributed by atoms with van der Waals surface area (Å²) in [5, 5.41) is 6.84. The summed E-state index contributed by atoms with van der Waals surface area (Å²) in [6, 6.07) is 0. The minimum absolute atomic E-state index is 0. The van der Waals surface area contributed by atoms with E-state index in [2.05, 4.69) is 25.4 Å². The van der Waals surface area contributed by atoms with Crippen LogP contribution in [0.5, 0.6) is 0 Å². The SMILES string of the molecule is CN=C(NCCCCCN1CCCCC1)NCCN1CCOCC1.I. The Labute approximate surface area is 171 Å². The Morgan fingerprint density at radius 2 is 1.52 bits per heavy atom. The molecule has 2 aliphatic heterocycles. The molecule has 0 aromatic carbocycles. The van der Waals surface area contributed by atoms with Gasteiger partial charge in [0.1, 0.15) is 0 Å². The fourth-order valence-electron chi connectivity index (χ4n) is 3.40. The van der Waals surface area contributed by atoms with Gasteiger partial charge in [-0.2, -0.15) is 0 Å². The number of nitrogens with zero attached hydrogens (tertiary/aromatic N) is 3. The van der Waals surface area contributed by atoms with E-state index in [4.69, 9.17) is 4.74 Å². The first-order chi connectivity index (χ1) is 11.9. The zero-order valence-corrected chi connectivity index (χ0v) is 18.3. The lowest BCUT2D eigenvalue weighted by atomic mass is 10.1. The van der Waals surface area contributed by atoms with Gasteiger partial charge in [0.15, 0.2) is 5.96 Å². The fraction of sp³-hybridized carbons (Fsp3) is 0.944. The van der Waals surface area contributed by atoms with Crippen LogP contribution in [0.15, 0.2) is 4.99 Å². The van der Waals surface area contributed by atoms with Crippen LogP contribution < -0.4 is 10.6 Å². The zero-order valence-electron chi connectivity index (χ0n) is 16.0. The number of nitrogens with one attached hydrogen (secondary N) is 2. The molecule has 148 valence electrons. The number of halogens is 1. The summed E-state index contributed by atoms with van der Waals surface area (Å²) < 4.78 is 5.37. The summed E-state index contributed by atoms with van der Waals surface area (Å²) in [5.74, 6) is 0.930. The lowest BCUT2D eigenvalue weighted by Crippen LogP contribution is -2.44. The average Bonchev–Trinajstić information content (AvgIpc) is 2.64. The molecular formula is C18H38IN5O. The number of guanidine groups is 1. The molecule has 0 bridgehead atoms. The van der Waals surface area contributed by atoms with Gasteiger partial charge < -0.3 is 20.3 Å². The maximum atomic E-state index is 5.37. The molecule has 0 spiro atoms. The Balaban J connectivity index is 0.00000312. The number of piperidine rings is 1. The summed E-state index contributed by atoms with van der Waals surface area (Å²) >= 11 is 0. The molecule has 2 heterocycles. The largest absolute Gasteiger partial charge is 0.379 e. The highest BCUT2D eigenvalue weighted by Gasteiger charge is 2.10. The van der Waals surface area contributed by atoms with Crippen molar-refractivity contribution in [3.05, 3.63) is 0 Å². The van der Waals surface area contributed by atoms with E-state index in [-0.39, 0.29) is 24.0 Å². The van der Waals surface area contributed by atoms with Crippen molar-refractivity contribution in [2.75, 3.05) is 72.6 Å². The van der Waals surface area contributed by atoms with E-state index in [1.54, 1.807) is 0 Å². The second-order valence-corrected chi connectivity index (χ2v) is 6.84. The van der Waals surface area contributed by atoms with E-state index >= 15 is 0 Å². The van der Waals surface area contributed by atoms with Gasteiger partial charge in [-0.05, 0) is 45.3 Å². The second-order valence-electron chi connectivity index (χ2n) is 6.84. The lowest BCUT2D eigenvalue weighted by Gasteiger charge is -2.26. The number of unbranched alkanes of at least 4 members (excludes halogenated alkanes) is 2. The summed E-state index contributed by atoms with van der Waals surface area (Å²) in [4.78, 5) is 9.37. The molecule has 25 heavy (non-hydrogen) atoms. The first-order valence-corrected chi connectivity index (χ1v) is 9.85. The summed E-state index contributed by atoms with van der Waals surface area (Å²) in [6.45, 7) is 10.7. The molecule has 0 aromatic heterocycles. The quantitative estimate of drug-likeness (QED) is 0.234. The van der Waals surface area contributed by atoms with E-state index in [1.165, 1.54) is 58.2 Å².